The molecule has 1 unspecified atom stereocenters. The summed E-state index contributed by atoms with van der Waals surface area (Å²) >= 11 is 0. The van der Waals surface area contributed by atoms with Crippen LogP contribution in [0.15, 0.2) is 12.3 Å². The Morgan fingerprint density at radius 2 is 2.35 bits per heavy atom. The molecule has 0 spiro atoms. The van der Waals surface area contributed by atoms with Gasteiger partial charge in [0.25, 0.3) is 0 Å². The van der Waals surface area contributed by atoms with Crippen LogP contribution in [0.2, 0.25) is 0 Å². The van der Waals surface area contributed by atoms with Gasteiger partial charge >= 0.3 is 5.97 Å². The number of hydrogen-bond donors (Lipinski definition) is 2. The van der Waals surface area contributed by atoms with Crippen LogP contribution in [-0.4, -0.2) is 35.8 Å². The molecule has 94 valence electrons. The molecule has 0 fully saturated rings. The van der Waals surface area contributed by atoms with Gasteiger partial charge in [0, 0.05) is 26.0 Å². The summed E-state index contributed by atoms with van der Waals surface area (Å²) in [6, 6.07) is 1.80. The van der Waals surface area contributed by atoms with Crippen LogP contribution in [0.1, 0.15) is 29.3 Å². The van der Waals surface area contributed by atoms with Gasteiger partial charge in [0.1, 0.15) is 11.4 Å². The molecule has 0 bridgehead atoms. The van der Waals surface area contributed by atoms with Crippen LogP contribution in [0, 0.1) is 6.92 Å². The number of aryl methyl sites for hydroxylation is 1. The first kappa shape index (κ1) is 13.4. The molecule has 1 aromatic rings. The summed E-state index contributed by atoms with van der Waals surface area (Å²) in [4.78, 5) is 15.2. The molecule has 1 aromatic heterocycles. The molecule has 1 atom stereocenters. The highest BCUT2D eigenvalue weighted by molar-refractivity contribution is 5.94. The SMILES string of the molecule is COCCC(C)Nc1nccc(C)c1C(=O)O. The maximum atomic E-state index is 11.1. The largest absolute Gasteiger partial charge is 0.478 e. The van der Waals surface area contributed by atoms with Crippen molar-refractivity contribution in [2.45, 2.75) is 26.3 Å². The fourth-order valence-electron chi connectivity index (χ4n) is 1.54. The smallest absolute Gasteiger partial charge is 0.339 e. The first-order chi connectivity index (χ1) is 8.06. The van der Waals surface area contributed by atoms with Gasteiger partial charge in [-0.1, -0.05) is 0 Å². The molecule has 0 amide bonds. The number of rotatable bonds is 6. The van der Waals surface area contributed by atoms with Gasteiger partial charge in [0.05, 0.1) is 0 Å². The summed E-state index contributed by atoms with van der Waals surface area (Å²) in [6.07, 6.45) is 2.40. The Labute approximate surface area is 101 Å². The number of carboxylic acids is 1. The summed E-state index contributed by atoms with van der Waals surface area (Å²) in [6.45, 7) is 4.35. The Morgan fingerprint density at radius 1 is 1.65 bits per heavy atom. The van der Waals surface area contributed by atoms with E-state index in [9.17, 15) is 4.79 Å². The van der Waals surface area contributed by atoms with Crippen molar-refractivity contribution in [1.82, 2.24) is 4.98 Å². The zero-order valence-corrected chi connectivity index (χ0v) is 10.4. The Bertz CT molecular complexity index is 393. The number of nitrogens with zero attached hydrogens (tertiary/aromatic N) is 1. The third kappa shape index (κ3) is 3.71. The van der Waals surface area contributed by atoms with Gasteiger partial charge in [0.15, 0.2) is 0 Å². The first-order valence-electron chi connectivity index (χ1n) is 5.50. The van der Waals surface area contributed by atoms with Crippen molar-refractivity contribution in [2.75, 3.05) is 19.0 Å². The van der Waals surface area contributed by atoms with Crippen LogP contribution in [0.4, 0.5) is 5.82 Å². The molecule has 2 N–H and O–H groups in total. The molecule has 1 heterocycles. The van der Waals surface area contributed by atoms with Crippen molar-refractivity contribution in [2.24, 2.45) is 0 Å². The summed E-state index contributed by atoms with van der Waals surface area (Å²) in [5, 5.41) is 12.2. The minimum absolute atomic E-state index is 0.113. The normalized spacial score (nSPS) is 12.2. The van der Waals surface area contributed by atoms with E-state index in [0.29, 0.717) is 18.0 Å². The summed E-state index contributed by atoms with van der Waals surface area (Å²) < 4.78 is 4.97. The van der Waals surface area contributed by atoms with E-state index < -0.39 is 5.97 Å². The number of carbonyl (C=O) groups is 1. The average molecular weight is 238 g/mol. The molecule has 5 heteroatoms. The number of aromatic carboxylic acids is 1. The van der Waals surface area contributed by atoms with E-state index in [1.54, 1.807) is 26.3 Å². The van der Waals surface area contributed by atoms with E-state index >= 15 is 0 Å². The molecule has 0 aliphatic carbocycles. The zero-order chi connectivity index (χ0) is 12.8. The second kappa shape index (κ2) is 6.20. The molecule has 0 radical (unpaired) electrons. The maximum Gasteiger partial charge on any atom is 0.339 e. The van der Waals surface area contributed by atoms with Gasteiger partial charge in [-0.3, -0.25) is 0 Å². The Kier molecular flexibility index (Phi) is 4.90. The fraction of sp³-hybridized carbons (Fsp3) is 0.500. The van der Waals surface area contributed by atoms with Gasteiger partial charge in [-0.2, -0.15) is 0 Å². The third-order valence-corrected chi connectivity index (χ3v) is 2.51. The molecule has 0 saturated heterocycles. The number of carboxylic acid groups (broad SMARTS) is 1. The molecular weight excluding hydrogens is 220 g/mol. The predicted molar refractivity (Wildman–Crippen MR) is 65.5 cm³/mol. The van der Waals surface area contributed by atoms with E-state index in [1.165, 1.54) is 0 Å². The standard InChI is InChI=1S/C12H18N2O3/c1-8-4-6-13-11(10(8)12(15)16)14-9(2)5-7-17-3/h4,6,9H,5,7H2,1-3H3,(H,13,14)(H,15,16). The molecule has 17 heavy (non-hydrogen) atoms. The second-order valence-corrected chi connectivity index (χ2v) is 3.98. The summed E-state index contributed by atoms with van der Waals surface area (Å²) in [5.41, 5.74) is 0.936. The van der Waals surface area contributed by atoms with Crippen molar-refractivity contribution in [3.05, 3.63) is 23.4 Å². The Hall–Kier alpha value is -1.62. The fourth-order valence-corrected chi connectivity index (χ4v) is 1.54. The third-order valence-electron chi connectivity index (χ3n) is 2.51. The number of anilines is 1. The second-order valence-electron chi connectivity index (χ2n) is 3.98. The lowest BCUT2D eigenvalue weighted by atomic mass is 10.1. The lowest BCUT2D eigenvalue weighted by Gasteiger charge is -2.16. The van der Waals surface area contributed by atoms with Crippen molar-refractivity contribution >= 4 is 11.8 Å². The van der Waals surface area contributed by atoms with Crippen LogP contribution in [0.25, 0.3) is 0 Å². The lowest BCUT2D eigenvalue weighted by molar-refractivity contribution is 0.0697. The van der Waals surface area contributed by atoms with Crippen LogP contribution >= 0.6 is 0 Å². The minimum Gasteiger partial charge on any atom is -0.478 e. The number of hydrogen-bond acceptors (Lipinski definition) is 4. The molecular formula is C12H18N2O3. The molecule has 5 nitrogen and oxygen atoms in total. The first-order valence-corrected chi connectivity index (χ1v) is 5.50. The molecule has 0 aromatic carbocycles. The van der Waals surface area contributed by atoms with Crippen LogP contribution in [0.5, 0.6) is 0 Å². The van der Waals surface area contributed by atoms with Crippen LogP contribution < -0.4 is 5.32 Å². The van der Waals surface area contributed by atoms with Crippen molar-refractivity contribution in [3.63, 3.8) is 0 Å². The van der Waals surface area contributed by atoms with E-state index in [1.807, 2.05) is 6.92 Å². The van der Waals surface area contributed by atoms with Gasteiger partial charge < -0.3 is 15.2 Å². The van der Waals surface area contributed by atoms with E-state index in [-0.39, 0.29) is 11.6 Å². The highest BCUT2D eigenvalue weighted by atomic mass is 16.5. The molecule has 0 aliphatic heterocycles. The predicted octanol–water partition coefficient (Wildman–Crippen LogP) is 1.93. The summed E-state index contributed by atoms with van der Waals surface area (Å²) in [5.74, 6) is -0.543. The number of nitrogens with one attached hydrogen (secondary N) is 1. The number of ether oxygens (including phenoxy) is 1. The molecule has 1 rings (SSSR count). The van der Waals surface area contributed by atoms with Crippen molar-refractivity contribution in [1.29, 1.82) is 0 Å². The van der Waals surface area contributed by atoms with Gasteiger partial charge in [0.2, 0.25) is 0 Å². The Morgan fingerprint density at radius 3 is 2.94 bits per heavy atom. The van der Waals surface area contributed by atoms with E-state index in [2.05, 4.69) is 10.3 Å². The average Bonchev–Trinajstić information content (AvgIpc) is 2.25. The summed E-state index contributed by atoms with van der Waals surface area (Å²) in [7, 11) is 1.64. The Balaban J connectivity index is 2.83. The molecule has 0 aliphatic rings. The lowest BCUT2D eigenvalue weighted by Crippen LogP contribution is -2.20. The monoisotopic (exact) mass is 238 g/mol. The highest BCUT2D eigenvalue weighted by Crippen LogP contribution is 2.17. The number of aromatic nitrogens is 1. The zero-order valence-electron chi connectivity index (χ0n) is 10.4. The topological polar surface area (TPSA) is 71.5 Å². The number of methoxy groups -OCH3 is 1. The van der Waals surface area contributed by atoms with Crippen molar-refractivity contribution < 1.29 is 14.6 Å². The van der Waals surface area contributed by atoms with Gasteiger partial charge in [-0.05, 0) is 31.9 Å². The van der Waals surface area contributed by atoms with Gasteiger partial charge in [-0.25, -0.2) is 9.78 Å². The number of pyridine rings is 1. The van der Waals surface area contributed by atoms with E-state index in [0.717, 1.165) is 6.42 Å². The van der Waals surface area contributed by atoms with Crippen LogP contribution in [0.3, 0.4) is 0 Å². The maximum absolute atomic E-state index is 11.1. The van der Waals surface area contributed by atoms with Crippen LogP contribution in [-0.2, 0) is 4.74 Å². The van der Waals surface area contributed by atoms with Crippen molar-refractivity contribution in [3.8, 4) is 0 Å². The highest BCUT2D eigenvalue weighted by Gasteiger charge is 2.15. The van der Waals surface area contributed by atoms with E-state index in [4.69, 9.17) is 9.84 Å². The van der Waals surface area contributed by atoms with Gasteiger partial charge in [-0.15, -0.1) is 0 Å². The quantitative estimate of drug-likeness (QED) is 0.792. The molecule has 0 saturated carbocycles. The minimum atomic E-state index is -0.961.